The van der Waals surface area contributed by atoms with Crippen molar-refractivity contribution < 1.29 is 23.1 Å². The molecule has 1 atom stereocenters. The summed E-state index contributed by atoms with van der Waals surface area (Å²) in [7, 11) is 1.53. The van der Waals surface area contributed by atoms with E-state index in [2.05, 4.69) is 10.6 Å². The van der Waals surface area contributed by atoms with Crippen LogP contribution in [0, 0.1) is 11.6 Å². The van der Waals surface area contributed by atoms with Gasteiger partial charge in [-0.05, 0) is 24.3 Å². The Balaban J connectivity index is 1.63. The molecule has 0 aromatic heterocycles. The first-order valence-corrected chi connectivity index (χ1v) is 7.93. The largest absolute Gasteiger partial charge is 0.497 e. The number of urea groups is 1. The van der Waals surface area contributed by atoms with Crippen molar-refractivity contribution in [2.24, 2.45) is 0 Å². The number of benzene rings is 2. The van der Waals surface area contributed by atoms with Crippen LogP contribution >= 0.6 is 0 Å². The highest BCUT2D eigenvalue weighted by atomic mass is 19.1. The third-order valence-corrected chi connectivity index (χ3v) is 4.00. The summed E-state index contributed by atoms with van der Waals surface area (Å²) in [6, 6.07) is 8.63. The van der Waals surface area contributed by atoms with Gasteiger partial charge in [-0.2, -0.15) is 0 Å². The van der Waals surface area contributed by atoms with E-state index in [4.69, 9.17) is 4.74 Å². The van der Waals surface area contributed by atoms with Gasteiger partial charge in [0.25, 0.3) is 0 Å². The highest BCUT2D eigenvalue weighted by Gasteiger charge is 2.31. The van der Waals surface area contributed by atoms with E-state index in [-0.39, 0.29) is 24.6 Å². The number of rotatable bonds is 4. The first-order valence-electron chi connectivity index (χ1n) is 7.93. The number of anilines is 2. The summed E-state index contributed by atoms with van der Waals surface area (Å²) in [5, 5.41) is 4.85. The van der Waals surface area contributed by atoms with Crippen LogP contribution in [0.1, 0.15) is 6.42 Å². The number of amides is 3. The number of hydrogen-bond acceptors (Lipinski definition) is 3. The first-order chi connectivity index (χ1) is 12.5. The number of methoxy groups -OCH3 is 1. The summed E-state index contributed by atoms with van der Waals surface area (Å²) < 4.78 is 31.9. The monoisotopic (exact) mass is 361 g/mol. The van der Waals surface area contributed by atoms with Crippen molar-refractivity contribution >= 4 is 23.3 Å². The summed E-state index contributed by atoms with van der Waals surface area (Å²) in [5.74, 6) is -0.949. The van der Waals surface area contributed by atoms with Crippen molar-refractivity contribution in [1.29, 1.82) is 0 Å². The van der Waals surface area contributed by atoms with E-state index < -0.39 is 23.7 Å². The number of hydrogen-bond donors (Lipinski definition) is 2. The summed E-state index contributed by atoms with van der Waals surface area (Å²) >= 11 is 0. The van der Waals surface area contributed by atoms with Crippen molar-refractivity contribution in [3.05, 3.63) is 54.1 Å². The maximum atomic E-state index is 13.6. The zero-order chi connectivity index (χ0) is 18.7. The number of nitrogens with one attached hydrogen (secondary N) is 2. The zero-order valence-electron chi connectivity index (χ0n) is 14.0. The standard InChI is InChI=1S/C18H17F2N3O3/c1-26-14-4-2-3-13(9-14)23-10-12(8-17(23)24)21-18(25)22-16-7-11(19)5-6-15(16)20/h2-7,9,12H,8,10H2,1H3,(H2,21,22,25)/t12-/m0/s1. The van der Waals surface area contributed by atoms with Crippen LogP contribution in [0.4, 0.5) is 25.0 Å². The average molecular weight is 361 g/mol. The van der Waals surface area contributed by atoms with Gasteiger partial charge < -0.3 is 20.3 Å². The summed E-state index contributed by atoms with van der Waals surface area (Å²) in [6.07, 6.45) is 0.107. The Morgan fingerprint density at radius 2 is 2.04 bits per heavy atom. The molecule has 1 aliphatic rings. The fourth-order valence-corrected chi connectivity index (χ4v) is 2.77. The van der Waals surface area contributed by atoms with Gasteiger partial charge in [0.15, 0.2) is 0 Å². The molecular formula is C18H17F2N3O3. The van der Waals surface area contributed by atoms with Crippen LogP contribution in [0.15, 0.2) is 42.5 Å². The highest BCUT2D eigenvalue weighted by molar-refractivity contribution is 5.97. The molecule has 0 unspecified atom stereocenters. The van der Waals surface area contributed by atoms with Crippen LogP contribution in [0.3, 0.4) is 0 Å². The number of halogens is 2. The van der Waals surface area contributed by atoms with Crippen LogP contribution in [-0.4, -0.2) is 31.6 Å². The lowest BCUT2D eigenvalue weighted by molar-refractivity contribution is -0.117. The molecule has 0 aliphatic carbocycles. The minimum absolute atomic E-state index is 0.107. The molecule has 8 heteroatoms. The van der Waals surface area contributed by atoms with Crippen LogP contribution in [0.25, 0.3) is 0 Å². The van der Waals surface area contributed by atoms with Crippen LogP contribution < -0.4 is 20.3 Å². The predicted octanol–water partition coefficient (Wildman–Crippen LogP) is 2.90. The maximum Gasteiger partial charge on any atom is 0.319 e. The summed E-state index contributed by atoms with van der Waals surface area (Å²) in [6.45, 7) is 0.269. The highest BCUT2D eigenvalue weighted by Crippen LogP contribution is 2.25. The van der Waals surface area contributed by atoms with E-state index in [1.807, 2.05) is 0 Å². The molecule has 1 aliphatic heterocycles. The second kappa shape index (κ2) is 7.38. The SMILES string of the molecule is COc1cccc(N2C[C@@H](NC(=O)Nc3cc(F)ccc3F)CC2=O)c1. The second-order valence-corrected chi connectivity index (χ2v) is 5.83. The molecule has 0 bridgehead atoms. The number of carbonyl (C=O) groups is 2. The summed E-state index contributed by atoms with van der Waals surface area (Å²) in [5.41, 5.74) is 0.395. The van der Waals surface area contributed by atoms with Gasteiger partial charge in [0.1, 0.15) is 17.4 Å². The van der Waals surface area contributed by atoms with E-state index >= 15 is 0 Å². The Hall–Kier alpha value is -3.16. The Kier molecular flexibility index (Phi) is 5.01. The Labute approximate surface area is 148 Å². The lowest BCUT2D eigenvalue weighted by Gasteiger charge is -2.18. The molecule has 3 rings (SSSR count). The molecule has 2 aromatic rings. The molecule has 0 spiro atoms. The molecule has 26 heavy (non-hydrogen) atoms. The molecule has 1 saturated heterocycles. The molecule has 0 saturated carbocycles. The van der Waals surface area contributed by atoms with Crippen molar-refractivity contribution in [2.75, 3.05) is 23.9 Å². The van der Waals surface area contributed by atoms with Gasteiger partial charge in [-0.25, -0.2) is 13.6 Å². The molecule has 3 amide bonds. The Morgan fingerprint density at radius 3 is 2.81 bits per heavy atom. The quantitative estimate of drug-likeness (QED) is 0.880. The molecular weight excluding hydrogens is 344 g/mol. The van der Waals surface area contributed by atoms with Crippen LogP contribution in [0.5, 0.6) is 5.75 Å². The van der Waals surface area contributed by atoms with Gasteiger partial charge >= 0.3 is 6.03 Å². The van der Waals surface area contributed by atoms with Crippen molar-refractivity contribution in [2.45, 2.75) is 12.5 Å². The van der Waals surface area contributed by atoms with E-state index in [1.54, 1.807) is 24.3 Å². The minimum atomic E-state index is -0.748. The Bertz CT molecular complexity index is 844. The van der Waals surface area contributed by atoms with E-state index in [0.29, 0.717) is 11.4 Å². The van der Waals surface area contributed by atoms with Crippen molar-refractivity contribution in [1.82, 2.24) is 5.32 Å². The molecule has 2 aromatic carbocycles. The van der Waals surface area contributed by atoms with E-state index in [9.17, 15) is 18.4 Å². The lowest BCUT2D eigenvalue weighted by Crippen LogP contribution is -2.39. The maximum absolute atomic E-state index is 13.6. The van der Waals surface area contributed by atoms with Gasteiger partial charge in [0, 0.05) is 30.8 Å². The number of carbonyl (C=O) groups excluding carboxylic acids is 2. The van der Waals surface area contributed by atoms with Gasteiger partial charge in [0.05, 0.1) is 18.8 Å². The molecule has 6 nitrogen and oxygen atoms in total. The third-order valence-electron chi connectivity index (χ3n) is 4.00. The smallest absolute Gasteiger partial charge is 0.319 e. The molecule has 2 N–H and O–H groups in total. The predicted molar refractivity (Wildman–Crippen MR) is 92.3 cm³/mol. The van der Waals surface area contributed by atoms with Gasteiger partial charge in [0.2, 0.25) is 5.91 Å². The Morgan fingerprint density at radius 1 is 1.23 bits per heavy atom. The van der Waals surface area contributed by atoms with E-state index in [0.717, 1.165) is 18.2 Å². The fraction of sp³-hybridized carbons (Fsp3) is 0.222. The van der Waals surface area contributed by atoms with Crippen molar-refractivity contribution in [3.63, 3.8) is 0 Å². The lowest BCUT2D eigenvalue weighted by atomic mass is 10.2. The topological polar surface area (TPSA) is 70.7 Å². The molecule has 1 fully saturated rings. The third kappa shape index (κ3) is 3.90. The fourth-order valence-electron chi connectivity index (χ4n) is 2.77. The number of nitrogens with zero attached hydrogens (tertiary/aromatic N) is 1. The zero-order valence-corrected chi connectivity index (χ0v) is 14.0. The van der Waals surface area contributed by atoms with E-state index in [1.165, 1.54) is 12.0 Å². The minimum Gasteiger partial charge on any atom is -0.497 e. The van der Waals surface area contributed by atoms with Gasteiger partial charge in [-0.15, -0.1) is 0 Å². The second-order valence-electron chi connectivity index (χ2n) is 5.83. The van der Waals surface area contributed by atoms with Crippen LogP contribution in [0.2, 0.25) is 0 Å². The average Bonchev–Trinajstić information content (AvgIpc) is 2.98. The molecule has 1 heterocycles. The first kappa shape index (κ1) is 17.7. The normalized spacial score (nSPS) is 16.5. The van der Waals surface area contributed by atoms with Gasteiger partial charge in [-0.1, -0.05) is 6.07 Å². The van der Waals surface area contributed by atoms with Crippen LogP contribution in [-0.2, 0) is 4.79 Å². The molecule has 136 valence electrons. The van der Waals surface area contributed by atoms with Gasteiger partial charge in [-0.3, -0.25) is 4.79 Å². The van der Waals surface area contributed by atoms with Crippen molar-refractivity contribution in [3.8, 4) is 5.75 Å². The summed E-state index contributed by atoms with van der Waals surface area (Å²) in [4.78, 5) is 25.8. The number of ether oxygens (including phenoxy) is 1. The molecule has 0 radical (unpaired) electrons.